The van der Waals surface area contributed by atoms with E-state index >= 15 is 0 Å². The van der Waals surface area contributed by atoms with Crippen LogP contribution >= 0.6 is 0 Å². The molecule has 9 nitrogen and oxygen atoms in total. The van der Waals surface area contributed by atoms with Crippen molar-refractivity contribution in [3.63, 3.8) is 0 Å². The van der Waals surface area contributed by atoms with E-state index in [0.29, 0.717) is 17.9 Å². The van der Waals surface area contributed by atoms with Crippen LogP contribution in [0.1, 0.15) is 29.3 Å². The van der Waals surface area contributed by atoms with E-state index in [1.165, 1.54) is 22.6 Å². The monoisotopic (exact) mass is 452 g/mol. The number of carbonyl (C=O) groups excluding carboxylic acids is 1. The second-order valence-corrected chi connectivity index (χ2v) is 7.60. The van der Waals surface area contributed by atoms with Gasteiger partial charge in [-0.05, 0) is 48.4 Å². The molecule has 1 aromatic heterocycles. The average Bonchev–Trinajstić information content (AvgIpc) is 3.01. The van der Waals surface area contributed by atoms with E-state index in [-0.39, 0.29) is 46.0 Å². The first-order valence-corrected chi connectivity index (χ1v) is 10.3. The van der Waals surface area contributed by atoms with Crippen LogP contribution in [0, 0.1) is 0 Å². The third kappa shape index (κ3) is 4.57. The maximum absolute atomic E-state index is 12.4. The predicted molar refractivity (Wildman–Crippen MR) is 128 cm³/mol. The number of aromatic nitrogens is 1. The summed E-state index contributed by atoms with van der Waals surface area (Å²) in [6.07, 6.45) is 0.555. The number of phenols is 1. The number of para-hydroxylation sites is 1. The fourth-order valence-corrected chi connectivity index (χ4v) is 3.32. The zero-order valence-corrected chi connectivity index (χ0v) is 19.2. The number of amides is 1. The smallest absolute Gasteiger partial charge is 0.257 e. The van der Waals surface area contributed by atoms with Gasteiger partial charge in [-0.3, -0.25) is 9.36 Å². The highest BCUT2D eigenvalue weighted by Gasteiger charge is 2.23. The molecule has 4 N–H and O–H groups in total. The first kappa shape index (κ1) is 23.5. The number of nitrogens with one attached hydrogen (secondary N) is 1. The topological polar surface area (TPSA) is 120 Å². The number of aliphatic imine (C=N–C) groups is 1. The number of methoxy groups -OCH3 is 1. The Hall–Kier alpha value is -4.14. The van der Waals surface area contributed by atoms with Gasteiger partial charge < -0.3 is 30.3 Å². The zero-order chi connectivity index (χ0) is 24.3. The van der Waals surface area contributed by atoms with Crippen LogP contribution in [0.2, 0.25) is 0 Å². The third-order valence-corrected chi connectivity index (χ3v) is 5.24. The molecule has 9 heteroatoms. The number of phenolic OH excluding ortho intramolecular Hbond substituents is 1. The maximum atomic E-state index is 12.4. The summed E-state index contributed by atoms with van der Waals surface area (Å²) in [4.78, 5) is 18.3. The molecule has 174 valence electrons. The quantitative estimate of drug-likeness (QED) is 0.316. The number of aromatic hydroxyl groups is 3. The highest BCUT2D eigenvalue weighted by molar-refractivity contribution is 6.04. The van der Waals surface area contributed by atoms with Crippen molar-refractivity contribution >= 4 is 28.7 Å². The summed E-state index contributed by atoms with van der Waals surface area (Å²) in [7, 11) is 6.24. The molecule has 0 saturated carbocycles. The molecule has 0 unspecified atom stereocenters. The number of rotatable bonds is 7. The van der Waals surface area contributed by atoms with E-state index in [4.69, 9.17) is 4.74 Å². The summed E-state index contributed by atoms with van der Waals surface area (Å²) in [6, 6.07) is 12.0. The van der Waals surface area contributed by atoms with E-state index in [1.807, 2.05) is 31.2 Å². The zero-order valence-electron chi connectivity index (χ0n) is 19.2. The Morgan fingerprint density at radius 2 is 1.76 bits per heavy atom. The van der Waals surface area contributed by atoms with Crippen LogP contribution in [-0.2, 0) is 7.05 Å². The van der Waals surface area contributed by atoms with Gasteiger partial charge in [-0.1, -0.05) is 13.0 Å². The lowest BCUT2D eigenvalue weighted by Crippen LogP contribution is -2.21. The predicted octanol–water partition coefficient (Wildman–Crippen LogP) is 4.13. The van der Waals surface area contributed by atoms with Crippen LogP contribution in [0.3, 0.4) is 0 Å². The number of ether oxygens (including phenoxy) is 1. The Bertz CT molecular complexity index is 1200. The van der Waals surface area contributed by atoms with E-state index in [1.54, 1.807) is 33.3 Å². The number of carbonyl (C=O) groups is 1. The summed E-state index contributed by atoms with van der Waals surface area (Å²) in [6.45, 7) is 1.93. The maximum Gasteiger partial charge on any atom is 0.257 e. The summed E-state index contributed by atoms with van der Waals surface area (Å²) in [5.74, 6) is -0.476. The number of hydrogen-bond donors (Lipinski definition) is 4. The molecular formula is C24H28N4O5. The molecule has 3 rings (SSSR count). The van der Waals surface area contributed by atoms with Crippen molar-refractivity contribution in [1.82, 2.24) is 9.47 Å². The van der Waals surface area contributed by atoms with Gasteiger partial charge in [0.2, 0.25) is 11.8 Å². The highest BCUT2D eigenvalue weighted by Crippen LogP contribution is 2.47. The average molecular weight is 453 g/mol. The van der Waals surface area contributed by atoms with Crippen molar-refractivity contribution in [3.8, 4) is 23.3 Å². The van der Waals surface area contributed by atoms with Gasteiger partial charge in [0, 0.05) is 26.9 Å². The molecule has 0 radical (unpaired) electrons. The number of hydrogen-bond acceptors (Lipinski definition) is 7. The second kappa shape index (κ2) is 9.56. The SMILES string of the molecule is CCC(=Nc1c(Nc2cccc(C(=O)N(C)C)c2O)c(O)n(C)c1O)c1ccc(OC)cc1. The third-order valence-electron chi connectivity index (χ3n) is 5.24. The number of benzene rings is 2. The van der Waals surface area contributed by atoms with Crippen molar-refractivity contribution in [2.75, 3.05) is 26.5 Å². The van der Waals surface area contributed by atoms with E-state index in [0.717, 1.165) is 5.56 Å². The van der Waals surface area contributed by atoms with Gasteiger partial charge >= 0.3 is 0 Å². The number of nitrogens with zero attached hydrogens (tertiary/aromatic N) is 3. The molecule has 3 aromatic rings. The van der Waals surface area contributed by atoms with Crippen molar-refractivity contribution in [2.45, 2.75) is 13.3 Å². The molecule has 1 amide bonds. The fraction of sp³-hybridized carbons (Fsp3) is 0.250. The van der Waals surface area contributed by atoms with Crippen LogP contribution < -0.4 is 10.1 Å². The minimum absolute atomic E-state index is 0.0965. The van der Waals surface area contributed by atoms with E-state index in [9.17, 15) is 20.1 Å². The normalized spacial score (nSPS) is 11.4. The summed E-state index contributed by atoms with van der Waals surface area (Å²) in [5, 5.41) is 34.9. The number of anilines is 2. The standard InChI is InChI=1S/C24H28N4O5/c1-6-17(14-10-12-15(33-5)13-11-14)25-19-20(24(32)28(4)23(19)31)26-18-9-7-8-16(21(18)29)22(30)27(2)3/h7-13,26,29,31-32H,6H2,1-5H3. The molecule has 0 bridgehead atoms. The van der Waals surface area contributed by atoms with Crippen LogP contribution in [-0.4, -0.2) is 57.6 Å². The highest BCUT2D eigenvalue weighted by atomic mass is 16.5. The summed E-state index contributed by atoms with van der Waals surface area (Å²) in [5.41, 5.74) is 1.98. The Kier molecular flexibility index (Phi) is 6.81. The molecular weight excluding hydrogens is 424 g/mol. The van der Waals surface area contributed by atoms with Gasteiger partial charge in [0.15, 0.2) is 11.4 Å². The molecule has 0 aliphatic heterocycles. The minimum atomic E-state index is -0.373. The first-order chi connectivity index (χ1) is 15.7. The van der Waals surface area contributed by atoms with Crippen LogP contribution in [0.25, 0.3) is 0 Å². The van der Waals surface area contributed by atoms with Gasteiger partial charge in [-0.15, -0.1) is 0 Å². The van der Waals surface area contributed by atoms with Crippen molar-refractivity contribution in [3.05, 3.63) is 53.6 Å². The molecule has 0 fully saturated rings. The minimum Gasteiger partial charge on any atom is -0.505 e. The second-order valence-electron chi connectivity index (χ2n) is 7.60. The molecule has 0 saturated heterocycles. The van der Waals surface area contributed by atoms with Gasteiger partial charge in [0.25, 0.3) is 5.91 Å². The fourth-order valence-electron chi connectivity index (χ4n) is 3.32. The Morgan fingerprint density at radius 1 is 1.09 bits per heavy atom. The Labute approximate surface area is 192 Å². The van der Waals surface area contributed by atoms with Crippen LogP contribution in [0.4, 0.5) is 17.1 Å². The lowest BCUT2D eigenvalue weighted by atomic mass is 10.1. The van der Waals surface area contributed by atoms with Gasteiger partial charge in [-0.2, -0.15) is 0 Å². The van der Waals surface area contributed by atoms with E-state index < -0.39 is 0 Å². The van der Waals surface area contributed by atoms with Gasteiger partial charge in [0.05, 0.1) is 18.4 Å². The molecule has 2 aromatic carbocycles. The lowest BCUT2D eigenvalue weighted by Gasteiger charge is -2.15. The molecule has 0 aliphatic carbocycles. The summed E-state index contributed by atoms with van der Waals surface area (Å²) >= 11 is 0. The molecule has 33 heavy (non-hydrogen) atoms. The molecule has 1 heterocycles. The van der Waals surface area contributed by atoms with Gasteiger partial charge in [-0.25, -0.2) is 4.99 Å². The van der Waals surface area contributed by atoms with Crippen LogP contribution in [0.15, 0.2) is 47.5 Å². The molecule has 0 atom stereocenters. The van der Waals surface area contributed by atoms with Crippen molar-refractivity contribution < 1.29 is 24.9 Å². The summed E-state index contributed by atoms with van der Waals surface area (Å²) < 4.78 is 6.37. The molecule has 0 spiro atoms. The lowest BCUT2D eigenvalue weighted by molar-refractivity contribution is 0.0824. The Balaban J connectivity index is 2.09. The molecule has 0 aliphatic rings. The Morgan fingerprint density at radius 3 is 2.33 bits per heavy atom. The largest absolute Gasteiger partial charge is 0.505 e. The van der Waals surface area contributed by atoms with Crippen LogP contribution in [0.5, 0.6) is 23.3 Å². The first-order valence-electron chi connectivity index (χ1n) is 10.3. The van der Waals surface area contributed by atoms with Gasteiger partial charge in [0.1, 0.15) is 11.4 Å². The van der Waals surface area contributed by atoms with Crippen molar-refractivity contribution in [1.29, 1.82) is 0 Å². The van der Waals surface area contributed by atoms with E-state index in [2.05, 4.69) is 10.3 Å². The van der Waals surface area contributed by atoms with Crippen molar-refractivity contribution in [2.24, 2.45) is 12.0 Å².